The Bertz CT molecular complexity index is 1140. The van der Waals surface area contributed by atoms with Gasteiger partial charge in [-0.25, -0.2) is 4.85 Å². The predicted octanol–water partition coefficient (Wildman–Crippen LogP) is 7.28. The van der Waals surface area contributed by atoms with E-state index in [1.54, 1.807) is 0 Å². The minimum atomic E-state index is 0.668. The second kappa shape index (κ2) is 6.72. The van der Waals surface area contributed by atoms with Gasteiger partial charge in [0.2, 0.25) is 0 Å². The molecule has 0 aromatic heterocycles. The molecular weight excluding hydrogens is 340 g/mol. The number of rotatable bonds is 2. The van der Waals surface area contributed by atoms with Crippen LogP contribution in [0.5, 0.6) is 0 Å². The zero-order valence-corrected chi connectivity index (χ0v) is 15.3. The summed E-state index contributed by atoms with van der Waals surface area (Å²) in [5.41, 5.74) is 9.28. The van der Waals surface area contributed by atoms with E-state index in [4.69, 9.17) is 6.57 Å². The van der Waals surface area contributed by atoms with Crippen LogP contribution in [0.25, 0.3) is 16.0 Å². The maximum atomic E-state index is 7.10. The van der Waals surface area contributed by atoms with Gasteiger partial charge in [0.15, 0.2) is 5.69 Å². The predicted molar refractivity (Wildman–Crippen MR) is 116 cm³/mol. The molecule has 1 aliphatic heterocycles. The summed E-state index contributed by atoms with van der Waals surface area (Å²) in [5.74, 6) is 0. The molecule has 0 amide bonds. The number of fused-ring (bicyclic) bond motifs is 2. The van der Waals surface area contributed by atoms with Crippen LogP contribution in [0.1, 0.15) is 11.1 Å². The summed E-state index contributed by atoms with van der Waals surface area (Å²) < 4.78 is 0. The van der Waals surface area contributed by atoms with E-state index < -0.39 is 0 Å². The number of hydrogen-bond donors (Lipinski definition) is 0. The molecule has 0 N–H and O–H groups in total. The van der Waals surface area contributed by atoms with Crippen LogP contribution in [0, 0.1) is 6.57 Å². The zero-order valence-electron chi connectivity index (χ0n) is 15.3. The van der Waals surface area contributed by atoms with E-state index in [2.05, 4.69) is 82.5 Å². The molecule has 0 bridgehead atoms. The lowest BCUT2D eigenvalue weighted by Gasteiger charge is -2.33. The molecule has 0 atom stereocenters. The topological polar surface area (TPSA) is 7.60 Å². The van der Waals surface area contributed by atoms with Crippen molar-refractivity contribution in [1.82, 2.24) is 0 Å². The Labute approximate surface area is 165 Å². The highest BCUT2D eigenvalue weighted by molar-refractivity contribution is 5.84. The maximum Gasteiger partial charge on any atom is 0.187 e. The van der Waals surface area contributed by atoms with Crippen molar-refractivity contribution in [3.63, 3.8) is 0 Å². The molecule has 0 aliphatic carbocycles. The molecule has 28 heavy (non-hydrogen) atoms. The highest BCUT2D eigenvalue weighted by Gasteiger charge is 2.23. The Balaban J connectivity index is 1.57. The average molecular weight is 358 g/mol. The van der Waals surface area contributed by atoms with Crippen molar-refractivity contribution >= 4 is 22.7 Å². The lowest BCUT2D eigenvalue weighted by molar-refractivity contribution is 1.09. The van der Waals surface area contributed by atoms with Gasteiger partial charge in [0.1, 0.15) is 0 Å². The van der Waals surface area contributed by atoms with E-state index in [1.165, 1.54) is 22.5 Å². The number of nitrogens with zero attached hydrogens (tertiary/aromatic N) is 2. The highest BCUT2D eigenvalue weighted by atomic mass is 15.2. The molecule has 0 radical (unpaired) electrons. The molecule has 2 nitrogen and oxygen atoms in total. The third-order valence-corrected chi connectivity index (χ3v) is 5.30. The second-order valence-corrected chi connectivity index (χ2v) is 6.98. The van der Waals surface area contributed by atoms with Crippen LogP contribution in [0.2, 0.25) is 0 Å². The van der Waals surface area contributed by atoms with Gasteiger partial charge < -0.3 is 4.90 Å². The van der Waals surface area contributed by atoms with Gasteiger partial charge in [-0.1, -0.05) is 72.8 Å². The second-order valence-electron chi connectivity index (χ2n) is 6.98. The first-order valence-electron chi connectivity index (χ1n) is 9.37. The van der Waals surface area contributed by atoms with Crippen molar-refractivity contribution in [2.75, 3.05) is 4.90 Å². The molecule has 0 saturated heterocycles. The summed E-state index contributed by atoms with van der Waals surface area (Å²) in [6, 6.07) is 33.7. The van der Waals surface area contributed by atoms with E-state index in [-0.39, 0.29) is 0 Å². The van der Waals surface area contributed by atoms with E-state index in [9.17, 15) is 0 Å². The van der Waals surface area contributed by atoms with E-state index in [1.807, 2.05) is 24.3 Å². The lowest BCUT2D eigenvalue weighted by atomic mass is 9.95. The first kappa shape index (κ1) is 16.4. The van der Waals surface area contributed by atoms with Gasteiger partial charge in [-0.2, -0.15) is 0 Å². The quantitative estimate of drug-likeness (QED) is 0.301. The summed E-state index contributed by atoms with van der Waals surface area (Å²) in [5, 5.41) is 0. The lowest BCUT2D eigenvalue weighted by Crippen LogP contribution is -2.18. The Morgan fingerprint density at radius 1 is 0.607 bits per heavy atom. The summed E-state index contributed by atoms with van der Waals surface area (Å²) >= 11 is 0. The Morgan fingerprint density at radius 3 is 1.64 bits per heavy atom. The van der Waals surface area contributed by atoms with Gasteiger partial charge >= 0.3 is 0 Å². The minimum absolute atomic E-state index is 0.668. The number of hydrogen-bond acceptors (Lipinski definition) is 1. The van der Waals surface area contributed by atoms with E-state index in [0.29, 0.717) is 5.69 Å². The summed E-state index contributed by atoms with van der Waals surface area (Å²) in [6.45, 7) is 7.10. The van der Waals surface area contributed by atoms with E-state index in [0.717, 1.165) is 23.2 Å². The standard InChI is InChI=1S/C26H18N2/c1-27-23-14-10-19(11-15-23)20-12-16-24(17-13-20)28-25-8-4-2-6-21(25)18-22-7-3-5-9-26(22)28/h2-17H,18H2. The maximum absolute atomic E-state index is 7.10. The van der Waals surface area contributed by atoms with Crippen molar-refractivity contribution < 1.29 is 0 Å². The van der Waals surface area contributed by atoms with Gasteiger partial charge in [-0.15, -0.1) is 0 Å². The third kappa shape index (κ3) is 2.74. The fourth-order valence-electron chi connectivity index (χ4n) is 3.90. The van der Waals surface area contributed by atoms with Gasteiger partial charge in [0, 0.05) is 23.5 Å². The largest absolute Gasteiger partial charge is 0.310 e. The first-order chi connectivity index (χ1) is 13.8. The molecule has 4 aromatic carbocycles. The van der Waals surface area contributed by atoms with Crippen LogP contribution in [0.3, 0.4) is 0 Å². The summed E-state index contributed by atoms with van der Waals surface area (Å²) in [6.07, 6.45) is 0.967. The van der Waals surface area contributed by atoms with Gasteiger partial charge in [0.25, 0.3) is 0 Å². The monoisotopic (exact) mass is 358 g/mol. The average Bonchev–Trinajstić information content (AvgIpc) is 2.77. The van der Waals surface area contributed by atoms with Crippen LogP contribution in [-0.4, -0.2) is 0 Å². The van der Waals surface area contributed by atoms with Gasteiger partial charge in [-0.3, -0.25) is 0 Å². The zero-order chi connectivity index (χ0) is 18.9. The normalized spacial score (nSPS) is 12.0. The van der Waals surface area contributed by atoms with Gasteiger partial charge in [-0.05, 0) is 46.5 Å². The molecule has 4 aromatic rings. The Hall–Kier alpha value is -3.83. The van der Waals surface area contributed by atoms with Crippen molar-refractivity contribution in [3.8, 4) is 11.1 Å². The SMILES string of the molecule is [C-]#[N+]c1ccc(-c2ccc(N3c4ccccc4Cc4ccccc43)cc2)cc1. The van der Waals surface area contributed by atoms with Crippen molar-refractivity contribution in [1.29, 1.82) is 0 Å². The first-order valence-corrected chi connectivity index (χ1v) is 9.37. The third-order valence-electron chi connectivity index (χ3n) is 5.30. The molecule has 0 fully saturated rings. The van der Waals surface area contributed by atoms with Crippen LogP contribution in [0.15, 0.2) is 97.1 Å². The number of anilines is 3. The minimum Gasteiger partial charge on any atom is -0.310 e. The highest BCUT2D eigenvalue weighted by Crippen LogP contribution is 2.43. The van der Waals surface area contributed by atoms with Crippen LogP contribution in [-0.2, 0) is 6.42 Å². The van der Waals surface area contributed by atoms with Crippen molar-refractivity contribution in [2.24, 2.45) is 0 Å². The van der Waals surface area contributed by atoms with Crippen molar-refractivity contribution in [3.05, 3.63) is 120 Å². The molecule has 2 heteroatoms. The molecule has 1 aliphatic rings. The molecule has 1 heterocycles. The molecule has 132 valence electrons. The number of benzene rings is 4. The summed E-state index contributed by atoms with van der Waals surface area (Å²) in [4.78, 5) is 5.81. The van der Waals surface area contributed by atoms with Crippen molar-refractivity contribution in [2.45, 2.75) is 6.42 Å². The number of para-hydroxylation sites is 2. The van der Waals surface area contributed by atoms with Crippen LogP contribution in [0.4, 0.5) is 22.7 Å². The Kier molecular flexibility index (Phi) is 3.92. The molecule has 0 unspecified atom stereocenters. The Morgan fingerprint density at radius 2 is 1.11 bits per heavy atom. The molecule has 5 rings (SSSR count). The molecular formula is C26H18N2. The smallest absolute Gasteiger partial charge is 0.187 e. The fraction of sp³-hybridized carbons (Fsp3) is 0.0385. The van der Waals surface area contributed by atoms with E-state index >= 15 is 0 Å². The van der Waals surface area contributed by atoms with Crippen LogP contribution >= 0.6 is 0 Å². The molecule has 0 spiro atoms. The molecule has 0 saturated carbocycles. The van der Waals surface area contributed by atoms with Crippen LogP contribution < -0.4 is 4.90 Å². The fourth-order valence-corrected chi connectivity index (χ4v) is 3.90. The summed E-state index contributed by atoms with van der Waals surface area (Å²) in [7, 11) is 0. The van der Waals surface area contributed by atoms with Gasteiger partial charge in [0.05, 0.1) is 6.57 Å².